The number of hydrogen-bond acceptors (Lipinski definition) is 3. The number of nitrogens with zero attached hydrogens (tertiary/aromatic N) is 1. The first kappa shape index (κ1) is 15.3. The normalized spacial score (nSPS) is 12.2. The highest BCUT2D eigenvalue weighted by atomic mass is 16.5. The molecule has 0 radical (unpaired) electrons. The van der Waals surface area contributed by atoms with E-state index in [9.17, 15) is 4.79 Å². The zero-order valence-corrected chi connectivity index (χ0v) is 13.3. The van der Waals surface area contributed by atoms with Crippen LogP contribution in [-0.2, 0) is 6.42 Å². The minimum absolute atomic E-state index is 0.0582. The van der Waals surface area contributed by atoms with Crippen molar-refractivity contribution in [2.45, 2.75) is 47.1 Å². The fourth-order valence-corrected chi connectivity index (χ4v) is 2.61. The summed E-state index contributed by atoms with van der Waals surface area (Å²) in [5.74, 6) is 0.440. The van der Waals surface area contributed by atoms with Crippen LogP contribution in [-0.4, -0.2) is 11.1 Å². The van der Waals surface area contributed by atoms with Gasteiger partial charge in [-0.05, 0) is 45.2 Å². The highest BCUT2D eigenvalue weighted by Crippen LogP contribution is 2.20. The monoisotopic (exact) mass is 286 g/mol. The van der Waals surface area contributed by atoms with E-state index in [0.29, 0.717) is 23.4 Å². The van der Waals surface area contributed by atoms with Crippen LogP contribution < -0.4 is 5.32 Å². The molecular formula is C17H22N2O2. The van der Waals surface area contributed by atoms with Gasteiger partial charge in [-0.2, -0.15) is 0 Å². The minimum atomic E-state index is -0.127. The molecule has 1 amide bonds. The highest BCUT2D eigenvalue weighted by Gasteiger charge is 2.21. The summed E-state index contributed by atoms with van der Waals surface area (Å²) in [4.78, 5) is 12.5. The van der Waals surface area contributed by atoms with Crippen molar-refractivity contribution in [1.29, 1.82) is 0 Å². The van der Waals surface area contributed by atoms with Crippen molar-refractivity contribution >= 4 is 5.91 Å². The van der Waals surface area contributed by atoms with Crippen molar-refractivity contribution < 1.29 is 9.32 Å². The van der Waals surface area contributed by atoms with Gasteiger partial charge in [0.1, 0.15) is 11.3 Å². The van der Waals surface area contributed by atoms with Gasteiger partial charge in [-0.3, -0.25) is 4.79 Å². The van der Waals surface area contributed by atoms with E-state index in [1.165, 1.54) is 11.1 Å². The van der Waals surface area contributed by atoms with Crippen LogP contribution in [0.3, 0.4) is 0 Å². The topological polar surface area (TPSA) is 55.1 Å². The van der Waals surface area contributed by atoms with Crippen LogP contribution in [0.2, 0.25) is 0 Å². The van der Waals surface area contributed by atoms with E-state index in [-0.39, 0.29) is 11.9 Å². The fraction of sp³-hybridized carbons (Fsp3) is 0.412. The molecule has 0 saturated heterocycles. The number of hydrogen-bond donors (Lipinski definition) is 1. The van der Waals surface area contributed by atoms with Crippen molar-refractivity contribution in [2.75, 3.05) is 0 Å². The summed E-state index contributed by atoms with van der Waals surface area (Å²) >= 11 is 0. The number of amides is 1. The third kappa shape index (κ3) is 3.15. The molecule has 0 saturated carbocycles. The molecule has 4 nitrogen and oxygen atoms in total. The number of carbonyl (C=O) groups is 1. The number of benzene rings is 1. The van der Waals surface area contributed by atoms with Gasteiger partial charge in [0.15, 0.2) is 0 Å². The zero-order chi connectivity index (χ0) is 15.6. The van der Waals surface area contributed by atoms with Gasteiger partial charge in [0.2, 0.25) is 0 Å². The third-order valence-corrected chi connectivity index (χ3v) is 3.73. The first-order valence-electron chi connectivity index (χ1n) is 7.27. The van der Waals surface area contributed by atoms with E-state index < -0.39 is 0 Å². The van der Waals surface area contributed by atoms with E-state index in [1.54, 1.807) is 6.92 Å². The Kier molecular flexibility index (Phi) is 4.46. The maximum Gasteiger partial charge on any atom is 0.257 e. The molecule has 21 heavy (non-hydrogen) atoms. The Bertz CT molecular complexity index is 659. The van der Waals surface area contributed by atoms with Crippen LogP contribution >= 0.6 is 0 Å². The number of nitrogens with one attached hydrogen (secondary N) is 1. The Labute approximate surface area is 125 Å². The summed E-state index contributed by atoms with van der Waals surface area (Å²) < 4.78 is 5.12. The molecule has 2 rings (SSSR count). The molecule has 0 aliphatic carbocycles. The predicted molar refractivity (Wildman–Crippen MR) is 82.4 cm³/mol. The predicted octanol–water partition coefficient (Wildman–Crippen LogP) is 3.65. The number of rotatable bonds is 4. The Morgan fingerprint density at radius 2 is 2.05 bits per heavy atom. The van der Waals surface area contributed by atoms with E-state index in [4.69, 9.17) is 4.52 Å². The zero-order valence-electron chi connectivity index (χ0n) is 13.3. The fourth-order valence-electron chi connectivity index (χ4n) is 2.61. The molecule has 1 aromatic carbocycles. The molecule has 4 heteroatoms. The first-order valence-corrected chi connectivity index (χ1v) is 7.27. The van der Waals surface area contributed by atoms with E-state index in [2.05, 4.69) is 42.5 Å². The molecule has 1 aromatic heterocycles. The van der Waals surface area contributed by atoms with Crippen molar-refractivity contribution in [3.63, 3.8) is 0 Å². The Balaban J connectivity index is 2.21. The van der Waals surface area contributed by atoms with Gasteiger partial charge in [0.05, 0.1) is 11.7 Å². The van der Waals surface area contributed by atoms with Gasteiger partial charge < -0.3 is 9.84 Å². The van der Waals surface area contributed by atoms with Gasteiger partial charge in [0, 0.05) is 0 Å². The lowest BCUT2D eigenvalue weighted by molar-refractivity contribution is 0.0937. The van der Waals surface area contributed by atoms with Crippen LogP contribution in [0.5, 0.6) is 0 Å². The quantitative estimate of drug-likeness (QED) is 0.933. The number of aromatic nitrogens is 1. The molecule has 112 valence electrons. The van der Waals surface area contributed by atoms with Crippen molar-refractivity contribution in [3.05, 3.63) is 51.9 Å². The van der Waals surface area contributed by atoms with Crippen molar-refractivity contribution in [3.8, 4) is 0 Å². The van der Waals surface area contributed by atoms with Crippen molar-refractivity contribution in [2.24, 2.45) is 0 Å². The Hall–Kier alpha value is -2.10. The average Bonchev–Trinajstić information content (AvgIpc) is 2.79. The minimum Gasteiger partial charge on any atom is -0.361 e. The lowest BCUT2D eigenvalue weighted by Gasteiger charge is -2.17. The van der Waals surface area contributed by atoms with Crippen molar-refractivity contribution in [1.82, 2.24) is 10.5 Å². The molecule has 0 aliphatic heterocycles. The maximum atomic E-state index is 12.5. The molecule has 1 N–H and O–H groups in total. The van der Waals surface area contributed by atoms with Gasteiger partial charge in [0.25, 0.3) is 5.91 Å². The van der Waals surface area contributed by atoms with Crippen LogP contribution in [0.4, 0.5) is 0 Å². The largest absolute Gasteiger partial charge is 0.361 e. The standard InChI is InChI=1S/C17H22N2O2/c1-6-15-16(13(5)21-19-15)17(20)18-12(4)14-8-7-10(2)9-11(14)3/h7-9,12H,6H2,1-5H3,(H,18,20)/t12-/m1/s1. The molecule has 0 fully saturated rings. The molecular weight excluding hydrogens is 264 g/mol. The lowest BCUT2D eigenvalue weighted by Crippen LogP contribution is -2.28. The van der Waals surface area contributed by atoms with Crippen LogP contribution in [0, 0.1) is 20.8 Å². The lowest BCUT2D eigenvalue weighted by atomic mass is 10.00. The smallest absolute Gasteiger partial charge is 0.257 e. The second-order valence-corrected chi connectivity index (χ2v) is 5.47. The molecule has 1 heterocycles. The summed E-state index contributed by atoms with van der Waals surface area (Å²) in [5, 5.41) is 6.96. The summed E-state index contributed by atoms with van der Waals surface area (Å²) in [5.41, 5.74) is 4.80. The van der Waals surface area contributed by atoms with E-state index in [0.717, 1.165) is 5.56 Å². The van der Waals surface area contributed by atoms with Gasteiger partial charge in [-0.1, -0.05) is 35.8 Å². The molecule has 1 atom stereocenters. The van der Waals surface area contributed by atoms with Gasteiger partial charge in [-0.25, -0.2) is 0 Å². The summed E-state index contributed by atoms with van der Waals surface area (Å²) in [6, 6.07) is 6.20. The third-order valence-electron chi connectivity index (χ3n) is 3.73. The molecule has 0 unspecified atom stereocenters. The van der Waals surface area contributed by atoms with Crippen LogP contribution in [0.15, 0.2) is 22.7 Å². The molecule has 0 aliphatic rings. The SMILES string of the molecule is CCc1noc(C)c1C(=O)N[C@H](C)c1ccc(C)cc1C. The summed E-state index contributed by atoms with van der Waals surface area (Å²) in [7, 11) is 0. The van der Waals surface area contributed by atoms with Crippen LogP contribution in [0.25, 0.3) is 0 Å². The van der Waals surface area contributed by atoms with Gasteiger partial charge >= 0.3 is 0 Å². The summed E-state index contributed by atoms with van der Waals surface area (Å²) in [6.07, 6.45) is 0.679. The molecule has 0 bridgehead atoms. The maximum absolute atomic E-state index is 12.5. The van der Waals surface area contributed by atoms with E-state index in [1.807, 2.05) is 13.8 Å². The number of aryl methyl sites for hydroxylation is 4. The average molecular weight is 286 g/mol. The van der Waals surface area contributed by atoms with Crippen LogP contribution in [0.1, 0.15) is 58.4 Å². The summed E-state index contributed by atoms with van der Waals surface area (Å²) in [6.45, 7) is 9.84. The second-order valence-electron chi connectivity index (χ2n) is 5.47. The number of carbonyl (C=O) groups excluding carboxylic acids is 1. The van der Waals surface area contributed by atoms with Gasteiger partial charge in [-0.15, -0.1) is 0 Å². The van der Waals surface area contributed by atoms with E-state index >= 15 is 0 Å². The highest BCUT2D eigenvalue weighted by molar-refractivity contribution is 5.96. The molecule has 0 spiro atoms. The first-order chi connectivity index (χ1) is 9.93. The second kappa shape index (κ2) is 6.12. The Morgan fingerprint density at radius 1 is 1.33 bits per heavy atom. The Morgan fingerprint density at radius 3 is 2.67 bits per heavy atom. The molecule has 2 aromatic rings.